The van der Waals surface area contributed by atoms with Crippen LogP contribution in [0, 0.1) is 5.92 Å². The van der Waals surface area contributed by atoms with Gasteiger partial charge in [0.15, 0.2) is 0 Å². The first kappa shape index (κ1) is 14.6. The molecule has 21 heavy (non-hydrogen) atoms. The third-order valence-electron chi connectivity index (χ3n) is 4.67. The second kappa shape index (κ2) is 6.63. The third-order valence-corrected chi connectivity index (χ3v) is 4.67. The van der Waals surface area contributed by atoms with E-state index in [2.05, 4.69) is 59.5 Å². The molecule has 0 saturated carbocycles. The van der Waals surface area contributed by atoms with Crippen molar-refractivity contribution in [2.24, 2.45) is 5.92 Å². The molecule has 1 atom stereocenters. The van der Waals surface area contributed by atoms with Gasteiger partial charge in [0.1, 0.15) is 0 Å². The minimum Gasteiger partial charge on any atom is -0.361 e. The lowest BCUT2D eigenvalue weighted by Gasteiger charge is -2.32. The van der Waals surface area contributed by atoms with Crippen LogP contribution in [0.25, 0.3) is 10.9 Å². The molecule has 1 unspecified atom stereocenters. The summed E-state index contributed by atoms with van der Waals surface area (Å²) in [6, 6.07) is 9.19. The van der Waals surface area contributed by atoms with E-state index in [1.54, 1.807) is 0 Å². The first-order valence-electron chi connectivity index (χ1n) is 8.24. The zero-order valence-electron chi connectivity index (χ0n) is 13.2. The summed E-state index contributed by atoms with van der Waals surface area (Å²) in [4.78, 5) is 6.02. The van der Waals surface area contributed by atoms with Gasteiger partial charge in [-0.3, -0.25) is 4.90 Å². The molecule has 1 aromatic carbocycles. The molecule has 0 bridgehead atoms. The molecule has 0 radical (unpaired) electrons. The van der Waals surface area contributed by atoms with Crippen molar-refractivity contribution in [3.05, 3.63) is 36.0 Å². The molecule has 0 aliphatic carbocycles. The first-order valence-corrected chi connectivity index (χ1v) is 8.24. The zero-order valence-corrected chi connectivity index (χ0v) is 13.2. The molecule has 2 aromatic rings. The Labute approximate surface area is 127 Å². The monoisotopic (exact) mass is 285 g/mol. The molecule has 1 aromatic heterocycles. The number of nitrogens with zero attached hydrogens (tertiary/aromatic N) is 1. The molecule has 2 heterocycles. The maximum Gasteiger partial charge on any atom is 0.0457 e. The van der Waals surface area contributed by atoms with Crippen molar-refractivity contribution in [2.75, 3.05) is 19.6 Å². The van der Waals surface area contributed by atoms with E-state index in [-0.39, 0.29) is 0 Å². The van der Waals surface area contributed by atoms with Gasteiger partial charge in [-0.05, 0) is 57.3 Å². The molecule has 3 heteroatoms. The van der Waals surface area contributed by atoms with Crippen LogP contribution in [-0.4, -0.2) is 35.6 Å². The lowest BCUT2D eigenvalue weighted by atomic mass is 9.98. The van der Waals surface area contributed by atoms with E-state index < -0.39 is 0 Å². The summed E-state index contributed by atoms with van der Waals surface area (Å²) < 4.78 is 0. The van der Waals surface area contributed by atoms with Crippen LogP contribution in [0.4, 0.5) is 0 Å². The van der Waals surface area contributed by atoms with Crippen LogP contribution in [0.2, 0.25) is 0 Å². The average Bonchev–Trinajstić information content (AvgIpc) is 2.91. The Morgan fingerprint density at radius 1 is 1.29 bits per heavy atom. The van der Waals surface area contributed by atoms with E-state index in [0.29, 0.717) is 6.04 Å². The highest BCUT2D eigenvalue weighted by molar-refractivity contribution is 5.82. The predicted octanol–water partition coefficient (Wildman–Crippen LogP) is 3.38. The Hall–Kier alpha value is -1.32. The Bertz CT molecular complexity index is 567. The smallest absolute Gasteiger partial charge is 0.0457 e. The minimum absolute atomic E-state index is 0.584. The minimum atomic E-state index is 0.584. The normalized spacial score (nSPS) is 19.7. The molecule has 114 valence electrons. The number of H-pyrrole nitrogens is 1. The number of nitrogens with one attached hydrogen (secondary N) is 2. The van der Waals surface area contributed by atoms with Crippen LogP contribution in [0.15, 0.2) is 30.5 Å². The van der Waals surface area contributed by atoms with Gasteiger partial charge in [0.2, 0.25) is 0 Å². The van der Waals surface area contributed by atoms with Gasteiger partial charge in [-0.1, -0.05) is 18.2 Å². The van der Waals surface area contributed by atoms with Gasteiger partial charge in [-0.25, -0.2) is 0 Å². The number of benzene rings is 1. The lowest BCUT2D eigenvalue weighted by molar-refractivity contribution is 0.164. The van der Waals surface area contributed by atoms with Gasteiger partial charge >= 0.3 is 0 Å². The van der Waals surface area contributed by atoms with Crippen LogP contribution >= 0.6 is 0 Å². The van der Waals surface area contributed by atoms with Crippen LogP contribution in [-0.2, 0) is 6.54 Å². The summed E-state index contributed by atoms with van der Waals surface area (Å²) in [7, 11) is 0. The molecule has 1 aliphatic rings. The van der Waals surface area contributed by atoms with Crippen LogP contribution < -0.4 is 5.32 Å². The molecule has 3 rings (SSSR count). The fraction of sp³-hybridized carbons (Fsp3) is 0.556. The number of para-hydroxylation sites is 1. The van der Waals surface area contributed by atoms with E-state index in [4.69, 9.17) is 0 Å². The van der Waals surface area contributed by atoms with Crippen molar-refractivity contribution >= 4 is 10.9 Å². The Kier molecular flexibility index (Phi) is 4.61. The van der Waals surface area contributed by atoms with E-state index in [0.717, 1.165) is 12.5 Å². The summed E-state index contributed by atoms with van der Waals surface area (Å²) >= 11 is 0. The van der Waals surface area contributed by atoms with Crippen molar-refractivity contribution < 1.29 is 0 Å². The standard InChI is InChI=1S/C18H27N3/c1-14(2)21(12-15-6-5-9-19-10-15)13-16-11-20-18-8-4-3-7-17(16)18/h3-4,7-8,11,14-15,19-20H,5-6,9-10,12-13H2,1-2H3. The molecular formula is C18H27N3. The van der Waals surface area contributed by atoms with Gasteiger partial charge in [-0.15, -0.1) is 0 Å². The highest BCUT2D eigenvalue weighted by Gasteiger charge is 2.19. The van der Waals surface area contributed by atoms with E-state index >= 15 is 0 Å². The van der Waals surface area contributed by atoms with E-state index in [1.165, 1.54) is 48.9 Å². The van der Waals surface area contributed by atoms with E-state index in [1.807, 2.05) is 0 Å². The lowest BCUT2D eigenvalue weighted by Crippen LogP contribution is -2.40. The number of hydrogen-bond donors (Lipinski definition) is 2. The number of aromatic nitrogens is 1. The highest BCUT2D eigenvalue weighted by Crippen LogP contribution is 2.22. The van der Waals surface area contributed by atoms with Gasteiger partial charge in [0.05, 0.1) is 0 Å². The fourth-order valence-corrected chi connectivity index (χ4v) is 3.35. The molecule has 0 amide bonds. The van der Waals surface area contributed by atoms with Crippen molar-refractivity contribution in [3.8, 4) is 0 Å². The number of fused-ring (bicyclic) bond motifs is 1. The summed E-state index contributed by atoms with van der Waals surface area (Å²) in [5, 5.41) is 4.90. The van der Waals surface area contributed by atoms with Crippen LogP contribution in [0.5, 0.6) is 0 Å². The molecule has 1 saturated heterocycles. The first-order chi connectivity index (χ1) is 10.2. The molecule has 3 nitrogen and oxygen atoms in total. The quantitative estimate of drug-likeness (QED) is 0.882. The molecular weight excluding hydrogens is 258 g/mol. The molecule has 2 N–H and O–H groups in total. The average molecular weight is 285 g/mol. The number of rotatable bonds is 5. The second-order valence-corrected chi connectivity index (χ2v) is 6.60. The van der Waals surface area contributed by atoms with E-state index in [9.17, 15) is 0 Å². The number of hydrogen-bond acceptors (Lipinski definition) is 2. The molecule has 1 fully saturated rings. The van der Waals surface area contributed by atoms with Crippen molar-refractivity contribution in [1.29, 1.82) is 0 Å². The Balaban J connectivity index is 1.72. The van der Waals surface area contributed by atoms with Gasteiger partial charge in [0, 0.05) is 36.2 Å². The van der Waals surface area contributed by atoms with Gasteiger partial charge in [0.25, 0.3) is 0 Å². The highest BCUT2D eigenvalue weighted by atomic mass is 15.2. The van der Waals surface area contributed by atoms with Crippen LogP contribution in [0.3, 0.4) is 0 Å². The fourth-order valence-electron chi connectivity index (χ4n) is 3.35. The molecule has 0 spiro atoms. The van der Waals surface area contributed by atoms with Gasteiger partial charge < -0.3 is 10.3 Å². The maximum atomic E-state index is 3.53. The Morgan fingerprint density at radius 3 is 2.90 bits per heavy atom. The van der Waals surface area contributed by atoms with Crippen LogP contribution in [0.1, 0.15) is 32.3 Å². The SMILES string of the molecule is CC(C)N(Cc1c[nH]c2ccccc12)CC1CCCNC1. The van der Waals surface area contributed by atoms with Gasteiger partial charge in [-0.2, -0.15) is 0 Å². The largest absolute Gasteiger partial charge is 0.361 e. The predicted molar refractivity (Wildman–Crippen MR) is 89.4 cm³/mol. The summed E-state index contributed by atoms with van der Waals surface area (Å²) in [6.07, 6.45) is 4.87. The maximum absolute atomic E-state index is 3.53. The Morgan fingerprint density at radius 2 is 2.14 bits per heavy atom. The van der Waals surface area contributed by atoms with Crippen molar-refractivity contribution in [1.82, 2.24) is 15.2 Å². The molecule has 1 aliphatic heterocycles. The summed E-state index contributed by atoms with van der Waals surface area (Å²) in [6.45, 7) is 9.23. The number of aromatic amines is 1. The second-order valence-electron chi connectivity index (χ2n) is 6.60. The third kappa shape index (κ3) is 3.47. The topological polar surface area (TPSA) is 31.1 Å². The summed E-state index contributed by atoms with van der Waals surface area (Å²) in [5.74, 6) is 0.798. The summed E-state index contributed by atoms with van der Waals surface area (Å²) in [5.41, 5.74) is 2.67. The number of piperidine rings is 1. The van der Waals surface area contributed by atoms with Crippen molar-refractivity contribution in [3.63, 3.8) is 0 Å². The zero-order chi connectivity index (χ0) is 14.7. The van der Waals surface area contributed by atoms with Crippen molar-refractivity contribution in [2.45, 2.75) is 39.3 Å².